The Hall–Kier alpha value is -3.76. The Labute approximate surface area is 193 Å². The van der Waals surface area contributed by atoms with E-state index in [2.05, 4.69) is 20.5 Å². The Morgan fingerprint density at radius 1 is 1.21 bits per heavy atom. The smallest absolute Gasteiger partial charge is 0.342 e. The number of nitrogens with one attached hydrogen (secondary N) is 1. The highest BCUT2D eigenvalue weighted by molar-refractivity contribution is 5.99. The molecule has 1 amide bonds. The largest absolute Gasteiger partial charge is 0.417 e. The van der Waals surface area contributed by atoms with Gasteiger partial charge in [-0.25, -0.2) is 9.37 Å². The lowest BCUT2D eigenvalue weighted by Gasteiger charge is -2.34. The van der Waals surface area contributed by atoms with Crippen molar-refractivity contribution < 1.29 is 22.4 Å². The molecule has 0 saturated carbocycles. The first-order valence-corrected chi connectivity index (χ1v) is 10.6. The molecule has 0 spiro atoms. The molecule has 1 atom stereocenters. The predicted molar refractivity (Wildman–Crippen MR) is 116 cm³/mol. The SMILES string of the molecule is Cc1ccc(-n2nccn2)c(C(=O)N2CCCC(C)/C2=C\Nc2ncc(C(F)(F)F)cc2F)c1. The van der Waals surface area contributed by atoms with Crippen LogP contribution in [-0.2, 0) is 6.18 Å². The van der Waals surface area contributed by atoms with Crippen LogP contribution in [-0.4, -0.2) is 37.3 Å². The van der Waals surface area contributed by atoms with Crippen molar-refractivity contribution in [2.24, 2.45) is 5.92 Å². The second kappa shape index (κ2) is 9.24. The zero-order valence-corrected chi connectivity index (χ0v) is 18.5. The molecule has 1 aromatic carbocycles. The molecule has 11 heteroatoms. The van der Waals surface area contributed by atoms with E-state index in [0.717, 1.165) is 18.4 Å². The molecule has 0 aliphatic carbocycles. The van der Waals surface area contributed by atoms with Gasteiger partial charge < -0.3 is 10.2 Å². The van der Waals surface area contributed by atoms with Crippen molar-refractivity contribution in [3.8, 4) is 5.69 Å². The minimum absolute atomic E-state index is 0.0567. The lowest BCUT2D eigenvalue weighted by Crippen LogP contribution is -2.38. The fraction of sp³-hybridized carbons (Fsp3) is 0.304. The first kappa shape index (κ1) is 23.4. The Balaban J connectivity index is 1.66. The van der Waals surface area contributed by atoms with Gasteiger partial charge in [-0.3, -0.25) is 4.79 Å². The summed E-state index contributed by atoms with van der Waals surface area (Å²) in [6, 6.07) is 5.75. The molecule has 1 unspecified atom stereocenters. The van der Waals surface area contributed by atoms with Crippen molar-refractivity contribution in [1.82, 2.24) is 24.9 Å². The molecule has 7 nitrogen and oxygen atoms in total. The zero-order valence-electron chi connectivity index (χ0n) is 18.5. The number of anilines is 1. The number of benzene rings is 1. The quantitative estimate of drug-likeness (QED) is 0.542. The number of nitrogens with zero attached hydrogens (tertiary/aromatic N) is 5. The van der Waals surface area contributed by atoms with Gasteiger partial charge in [-0.05, 0) is 43.9 Å². The molecule has 1 N–H and O–H groups in total. The summed E-state index contributed by atoms with van der Waals surface area (Å²) < 4.78 is 52.6. The number of piperidine rings is 1. The van der Waals surface area contributed by atoms with Crippen LogP contribution in [0.5, 0.6) is 0 Å². The third-order valence-corrected chi connectivity index (χ3v) is 5.62. The normalized spacial score (nSPS) is 17.8. The Morgan fingerprint density at radius 2 is 1.94 bits per heavy atom. The number of hydrogen-bond donors (Lipinski definition) is 1. The minimum atomic E-state index is -4.69. The second-order valence-corrected chi connectivity index (χ2v) is 8.10. The van der Waals surface area contributed by atoms with E-state index in [1.807, 2.05) is 19.9 Å². The molecule has 3 heterocycles. The number of hydrogen-bond acceptors (Lipinski definition) is 5. The minimum Gasteiger partial charge on any atom is -0.342 e. The van der Waals surface area contributed by atoms with Crippen molar-refractivity contribution in [3.63, 3.8) is 0 Å². The highest BCUT2D eigenvalue weighted by Crippen LogP contribution is 2.32. The lowest BCUT2D eigenvalue weighted by atomic mass is 9.95. The van der Waals surface area contributed by atoms with Crippen LogP contribution in [0.25, 0.3) is 5.69 Å². The highest BCUT2D eigenvalue weighted by atomic mass is 19.4. The van der Waals surface area contributed by atoms with Crippen LogP contribution < -0.4 is 5.32 Å². The molecule has 34 heavy (non-hydrogen) atoms. The van der Waals surface area contributed by atoms with Crippen LogP contribution in [0.15, 0.2) is 54.8 Å². The highest BCUT2D eigenvalue weighted by Gasteiger charge is 2.32. The number of rotatable bonds is 4. The molecule has 1 fully saturated rings. The summed E-state index contributed by atoms with van der Waals surface area (Å²) in [5, 5.41) is 10.9. The van der Waals surface area contributed by atoms with Gasteiger partial charge in [0.15, 0.2) is 11.6 Å². The third kappa shape index (κ3) is 4.78. The molecular formula is C23H22F4N6O. The molecular weight excluding hydrogens is 452 g/mol. The monoisotopic (exact) mass is 474 g/mol. The van der Waals surface area contributed by atoms with Gasteiger partial charge in [0.05, 0.1) is 29.2 Å². The summed E-state index contributed by atoms with van der Waals surface area (Å²) in [6.45, 7) is 4.22. The van der Waals surface area contributed by atoms with Gasteiger partial charge in [0.25, 0.3) is 5.91 Å². The number of amides is 1. The van der Waals surface area contributed by atoms with E-state index in [0.29, 0.717) is 35.8 Å². The number of likely N-dealkylation sites (tertiary alicyclic amines) is 1. The molecule has 178 valence electrons. The molecule has 2 aromatic heterocycles. The summed E-state index contributed by atoms with van der Waals surface area (Å²) in [5.41, 5.74) is 1.20. The topological polar surface area (TPSA) is 75.9 Å². The first-order chi connectivity index (χ1) is 16.1. The molecule has 1 saturated heterocycles. The average Bonchev–Trinajstić information content (AvgIpc) is 3.32. The summed E-state index contributed by atoms with van der Waals surface area (Å²) in [7, 11) is 0. The van der Waals surface area contributed by atoms with Crippen LogP contribution in [0.3, 0.4) is 0 Å². The van der Waals surface area contributed by atoms with Gasteiger partial charge in [0, 0.05) is 24.6 Å². The van der Waals surface area contributed by atoms with E-state index < -0.39 is 17.6 Å². The fourth-order valence-electron chi connectivity index (χ4n) is 3.86. The van der Waals surface area contributed by atoms with Gasteiger partial charge >= 0.3 is 6.18 Å². The number of allylic oxidation sites excluding steroid dienone is 1. The number of alkyl halides is 3. The van der Waals surface area contributed by atoms with Gasteiger partial charge in [-0.2, -0.15) is 28.2 Å². The summed E-state index contributed by atoms with van der Waals surface area (Å²) in [6.07, 6.45) is 1.88. The van der Waals surface area contributed by atoms with Crippen molar-refractivity contribution in [1.29, 1.82) is 0 Å². The second-order valence-electron chi connectivity index (χ2n) is 8.10. The Bertz CT molecular complexity index is 1220. The number of aryl methyl sites for hydroxylation is 1. The summed E-state index contributed by atoms with van der Waals surface area (Å²) in [4.78, 5) is 20.2. The lowest BCUT2D eigenvalue weighted by molar-refractivity contribution is -0.138. The van der Waals surface area contributed by atoms with Crippen LogP contribution in [0.1, 0.15) is 41.3 Å². The first-order valence-electron chi connectivity index (χ1n) is 10.6. The van der Waals surface area contributed by atoms with Crippen LogP contribution >= 0.6 is 0 Å². The van der Waals surface area contributed by atoms with Gasteiger partial charge in [0.1, 0.15) is 0 Å². The van der Waals surface area contributed by atoms with Gasteiger partial charge in [-0.15, -0.1) is 0 Å². The van der Waals surface area contributed by atoms with Gasteiger partial charge in [0.2, 0.25) is 0 Å². The third-order valence-electron chi connectivity index (χ3n) is 5.62. The standard InChI is InChI=1S/C23H22F4N6O/c1-14-5-6-19(33-30-7-8-31-33)17(10-14)22(34)32-9-3-4-15(2)20(32)13-29-21-18(24)11-16(12-28-21)23(25,26)27/h5-8,10-13,15H,3-4,9H2,1-2H3,(H,28,29)/b20-13+. The Morgan fingerprint density at radius 3 is 2.62 bits per heavy atom. The Kier molecular flexibility index (Phi) is 6.36. The average molecular weight is 474 g/mol. The van der Waals surface area contributed by atoms with E-state index in [4.69, 9.17) is 0 Å². The number of aromatic nitrogens is 4. The van der Waals surface area contributed by atoms with Crippen LogP contribution in [0.4, 0.5) is 23.4 Å². The van der Waals surface area contributed by atoms with Crippen molar-refractivity contribution in [2.75, 3.05) is 11.9 Å². The number of pyridine rings is 1. The molecule has 4 rings (SSSR count). The zero-order chi connectivity index (χ0) is 24.5. The van der Waals surface area contributed by atoms with Crippen molar-refractivity contribution >= 4 is 11.7 Å². The predicted octanol–water partition coefficient (Wildman–Crippen LogP) is 4.95. The maximum absolute atomic E-state index is 14.3. The van der Waals surface area contributed by atoms with Gasteiger partial charge in [-0.1, -0.05) is 18.6 Å². The molecule has 1 aliphatic heterocycles. The van der Waals surface area contributed by atoms with E-state index in [-0.39, 0.29) is 17.6 Å². The van der Waals surface area contributed by atoms with Crippen molar-refractivity contribution in [2.45, 2.75) is 32.9 Å². The molecule has 3 aromatic rings. The summed E-state index contributed by atoms with van der Waals surface area (Å²) >= 11 is 0. The van der Waals surface area contributed by atoms with E-state index >= 15 is 0 Å². The number of carbonyl (C=O) groups excluding carboxylic acids is 1. The van der Waals surface area contributed by atoms with Crippen molar-refractivity contribution in [3.05, 3.63) is 77.3 Å². The number of carbonyl (C=O) groups is 1. The molecule has 1 aliphatic rings. The maximum Gasteiger partial charge on any atom is 0.417 e. The van der Waals surface area contributed by atoms with E-state index in [9.17, 15) is 22.4 Å². The summed E-state index contributed by atoms with van der Waals surface area (Å²) in [5.74, 6) is -1.84. The fourth-order valence-corrected chi connectivity index (χ4v) is 3.86. The number of halogens is 4. The van der Waals surface area contributed by atoms with E-state index in [1.54, 1.807) is 17.0 Å². The molecule has 0 radical (unpaired) electrons. The van der Waals surface area contributed by atoms with E-state index in [1.165, 1.54) is 23.4 Å². The molecule has 0 bridgehead atoms. The van der Waals surface area contributed by atoms with Crippen LogP contribution in [0.2, 0.25) is 0 Å². The maximum atomic E-state index is 14.3. The van der Waals surface area contributed by atoms with Crippen LogP contribution in [0, 0.1) is 18.7 Å².